The van der Waals surface area contributed by atoms with Crippen LogP contribution in [0.4, 0.5) is 5.69 Å². The van der Waals surface area contributed by atoms with Gasteiger partial charge in [0.05, 0.1) is 17.7 Å². The first-order chi connectivity index (χ1) is 17.0. The lowest BCUT2D eigenvalue weighted by Crippen LogP contribution is -2.33. The molecular weight excluding hydrogens is 458 g/mol. The van der Waals surface area contributed by atoms with Gasteiger partial charge in [0.15, 0.2) is 0 Å². The average molecular weight is 488 g/mol. The molecule has 0 bridgehead atoms. The number of benzene rings is 2. The second-order valence-electron chi connectivity index (χ2n) is 8.97. The second-order valence-corrected chi connectivity index (χ2v) is 10.0. The number of thiophene rings is 1. The number of hydrogen-bond acceptors (Lipinski definition) is 5. The Kier molecular flexibility index (Phi) is 6.43. The largest absolute Gasteiger partial charge is 0.492 e. The maximum absolute atomic E-state index is 14.0. The quantitative estimate of drug-likeness (QED) is 0.367. The Morgan fingerprint density at radius 1 is 1.17 bits per heavy atom. The summed E-state index contributed by atoms with van der Waals surface area (Å²) in [6.45, 7) is 6.15. The van der Waals surface area contributed by atoms with E-state index in [-0.39, 0.29) is 11.5 Å². The normalized spacial score (nSPS) is 13.9. The molecule has 1 amide bonds. The first-order valence-corrected chi connectivity index (χ1v) is 13.0. The van der Waals surface area contributed by atoms with Gasteiger partial charge in [0.25, 0.3) is 5.56 Å². The second kappa shape index (κ2) is 9.66. The van der Waals surface area contributed by atoms with E-state index in [0.717, 1.165) is 47.2 Å². The molecule has 5 rings (SSSR count). The maximum Gasteiger partial charge on any atom is 0.263 e. The minimum Gasteiger partial charge on any atom is -0.492 e. The highest BCUT2D eigenvalue weighted by Gasteiger charge is 2.27. The number of fused-ring (bicyclic) bond motifs is 3. The Hall–Kier alpha value is -3.45. The van der Waals surface area contributed by atoms with Crippen molar-refractivity contribution in [1.29, 1.82) is 0 Å². The molecule has 4 aromatic rings. The topological polar surface area (TPSA) is 73.2 Å². The van der Waals surface area contributed by atoms with Gasteiger partial charge in [-0.1, -0.05) is 35.9 Å². The maximum atomic E-state index is 14.0. The minimum absolute atomic E-state index is 0.147. The number of para-hydroxylation sites is 2. The Bertz CT molecular complexity index is 1470. The predicted octanol–water partition coefficient (Wildman–Crippen LogP) is 5.91. The van der Waals surface area contributed by atoms with Gasteiger partial charge in [0.2, 0.25) is 5.91 Å². The number of hydrogen-bond donors (Lipinski definition) is 1. The van der Waals surface area contributed by atoms with Crippen LogP contribution in [0.25, 0.3) is 21.6 Å². The number of carbonyl (C=O) groups excluding carboxylic acids is 1. The molecule has 0 radical (unpaired) electrons. The van der Waals surface area contributed by atoms with E-state index in [4.69, 9.17) is 9.72 Å². The van der Waals surface area contributed by atoms with Gasteiger partial charge in [-0.15, -0.1) is 11.3 Å². The standard InChI is InChI=1S/C28H29N3O3S/c1-4-34-22-14-7-6-13-21(22)29-26(32)18(3)31-25(19-11-9-10-17(2)16-19)30-27-24(28(31)33)20-12-5-8-15-23(20)35-27/h6-7,9-11,13-14,16,18H,4-5,8,12,15H2,1-3H3,(H,29,32). The fourth-order valence-electron chi connectivity index (χ4n) is 4.77. The van der Waals surface area contributed by atoms with Crippen LogP contribution in [0.5, 0.6) is 5.75 Å². The number of aryl methyl sites for hydroxylation is 3. The SMILES string of the molecule is CCOc1ccccc1NC(=O)C(C)n1c(-c2cccc(C)c2)nc2sc3c(c2c1=O)CCCC3. The third-order valence-corrected chi connectivity index (χ3v) is 7.69. The van der Waals surface area contributed by atoms with Gasteiger partial charge in [-0.3, -0.25) is 14.2 Å². The Morgan fingerprint density at radius 2 is 1.97 bits per heavy atom. The summed E-state index contributed by atoms with van der Waals surface area (Å²) in [6, 6.07) is 14.5. The van der Waals surface area contributed by atoms with Crippen molar-refractivity contribution in [3.8, 4) is 17.1 Å². The Labute approximate surface area is 208 Å². The zero-order valence-corrected chi connectivity index (χ0v) is 21.1. The van der Waals surface area contributed by atoms with E-state index in [1.807, 2.05) is 56.3 Å². The summed E-state index contributed by atoms with van der Waals surface area (Å²) < 4.78 is 7.24. The molecule has 6 nitrogen and oxygen atoms in total. The first-order valence-electron chi connectivity index (χ1n) is 12.1. The monoisotopic (exact) mass is 487 g/mol. The lowest BCUT2D eigenvalue weighted by atomic mass is 9.97. The fraction of sp³-hybridized carbons (Fsp3) is 0.321. The summed E-state index contributed by atoms with van der Waals surface area (Å²) in [5.74, 6) is 0.825. The first kappa shape index (κ1) is 23.3. The van der Waals surface area contributed by atoms with Crippen LogP contribution in [0.1, 0.15) is 48.7 Å². The van der Waals surface area contributed by atoms with Gasteiger partial charge in [-0.05, 0) is 70.2 Å². The van der Waals surface area contributed by atoms with Gasteiger partial charge < -0.3 is 10.1 Å². The molecule has 2 aromatic heterocycles. The highest BCUT2D eigenvalue weighted by atomic mass is 32.1. The number of aromatic nitrogens is 2. The molecule has 2 heterocycles. The predicted molar refractivity (Wildman–Crippen MR) is 142 cm³/mol. The van der Waals surface area contributed by atoms with Crippen LogP contribution in [0.3, 0.4) is 0 Å². The van der Waals surface area contributed by atoms with E-state index in [1.165, 1.54) is 4.88 Å². The third-order valence-electron chi connectivity index (χ3n) is 6.51. The van der Waals surface area contributed by atoms with E-state index in [0.29, 0.717) is 29.3 Å². The van der Waals surface area contributed by atoms with Gasteiger partial charge in [0.1, 0.15) is 22.4 Å². The molecule has 180 valence electrons. The molecule has 7 heteroatoms. The van der Waals surface area contributed by atoms with Gasteiger partial charge in [-0.25, -0.2) is 4.98 Å². The summed E-state index contributed by atoms with van der Waals surface area (Å²) in [5, 5.41) is 3.64. The van der Waals surface area contributed by atoms with E-state index >= 15 is 0 Å². The number of amides is 1. The van der Waals surface area contributed by atoms with Crippen molar-refractivity contribution in [3.05, 3.63) is 74.9 Å². The third kappa shape index (κ3) is 4.36. The summed E-state index contributed by atoms with van der Waals surface area (Å²) in [4.78, 5) is 34.5. The van der Waals surface area contributed by atoms with Crippen LogP contribution < -0.4 is 15.6 Å². The highest BCUT2D eigenvalue weighted by molar-refractivity contribution is 7.18. The molecule has 1 aliphatic rings. The van der Waals surface area contributed by atoms with Crippen LogP contribution in [0.15, 0.2) is 53.3 Å². The summed E-state index contributed by atoms with van der Waals surface area (Å²) in [6.07, 6.45) is 4.08. The summed E-state index contributed by atoms with van der Waals surface area (Å²) >= 11 is 1.62. The van der Waals surface area contributed by atoms with Crippen LogP contribution in [0, 0.1) is 6.92 Å². The number of carbonyl (C=O) groups is 1. The smallest absolute Gasteiger partial charge is 0.263 e. The van der Waals surface area contributed by atoms with Crippen molar-refractivity contribution in [1.82, 2.24) is 9.55 Å². The molecule has 35 heavy (non-hydrogen) atoms. The number of ether oxygens (including phenoxy) is 1. The van der Waals surface area contributed by atoms with E-state index < -0.39 is 6.04 Å². The van der Waals surface area contributed by atoms with E-state index in [1.54, 1.807) is 28.9 Å². The molecule has 0 aliphatic heterocycles. The molecule has 1 atom stereocenters. The van der Waals surface area contributed by atoms with Crippen LogP contribution in [-0.2, 0) is 17.6 Å². The molecular formula is C28H29N3O3S. The Morgan fingerprint density at radius 3 is 2.77 bits per heavy atom. The number of rotatable bonds is 6. The van der Waals surface area contributed by atoms with Crippen LogP contribution in [0.2, 0.25) is 0 Å². The average Bonchev–Trinajstić information content (AvgIpc) is 3.24. The number of nitrogens with one attached hydrogen (secondary N) is 1. The Balaban J connectivity index is 1.65. The lowest BCUT2D eigenvalue weighted by molar-refractivity contribution is -0.118. The molecule has 0 saturated heterocycles. The lowest BCUT2D eigenvalue weighted by Gasteiger charge is -2.20. The van der Waals surface area contributed by atoms with Gasteiger partial charge in [0, 0.05) is 10.4 Å². The zero-order valence-electron chi connectivity index (χ0n) is 20.3. The summed E-state index contributed by atoms with van der Waals surface area (Å²) in [7, 11) is 0. The van der Waals surface area contributed by atoms with Crippen molar-refractivity contribution in [2.75, 3.05) is 11.9 Å². The van der Waals surface area contributed by atoms with Crippen molar-refractivity contribution in [2.45, 2.75) is 52.5 Å². The van der Waals surface area contributed by atoms with Gasteiger partial charge >= 0.3 is 0 Å². The number of nitrogens with zero attached hydrogens (tertiary/aromatic N) is 2. The summed E-state index contributed by atoms with van der Waals surface area (Å²) in [5.41, 5.74) is 3.44. The number of anilines is 1. The molecule has 0 fully saturated rings. The van der Waals surface area contributed by atoms with Crippen molar-refractivity contribution < 1.29 is 9.53 Å². The van der Waals surface area contributed by atoms with E-state index in [2.05, 4.69) is 5.32 Å². The van der Waals surface area contributed by atoms with Crippen molar-refractivity contribution in [2.24, 2.45) is 0 Å². The van der Waals surface area contributed by atoms with Crippen molar-refractivity contribution >= 4 is 33.1 Å². The van der Waals surface area contributed by atoms with Crippen LogP contribution in [-0.4, -0.2) is 22.1 Å². The fourth-order valence-corrected chi connectivity index (χ4v) is 6.02. The van der Waals surface area contributed by atoms with E-state index in [9.17, 15) is 9.59 Å². The molecule has 1 unspecified atom stereocenters. The molecule has 2 aromatic carbocycles. The molecule has 1 N–H and O–H groups in total. The highest BCUT2D eigenvalue weighted by Crippen LogP contribution is 2.35. The van der Waals surface area contributed by atoms with Gasteiger partial charge in [-0.2, -0.15) is 0 Å². The molecule has 0 saturated carbocycles. The zero-order chi connectivity index (χ0) is 24.5. The minimum atomic E-state index is -0.774. The van der Waals surface area contributed by atoms with Crippen molar-refractivity contribution in [3.63, 3.8) is 0 Å². The molecule has 0 spiro atoms. The molecule has 1 aliphatic carbocycles. The van der Waals surface area contributed by atoms with Crippen LogP contribution >= 0.6 is 11.3 Å².